The first kappa shape index (κ1) is 12.2. The predicted molar refractivity (Wildman–Crippen MR) is 70.9 cm³/mol. The Morgan fingerprint density at radius 1 is 1.58 bits per heavy atom. The molecule has 1 aliphatic rings. The highest BCUT2D eigenvalue weighted by Gasteiger charge is 2.27. The second-order valence-electron chi connectivity index (χ2n) is 4.40. The third-order valence-corrected chi connectivity index (χ3v) is 4.12. The highest BCUT2D eigenvalue weighted by Crippen LogP contribution is 2.31. The van der Waals surface area contributed by atoms with Gasteiger partial charge in [-0.1, -0.05) is 11.3 Å². The average Bonchev–Trinajstić information content (AvgIpc) is 2.93. The van der Waals surface area contributed by atoms with E-state index in [4.69, 9.17) is 10.5 Å². The van der Waals surface area contributed by atoms with Crippen LogP contribution < -0.4 is 10.6 Å². The molecule has 2 N–H and O–H groups in total. The molecule has 2 aromatic rings. The smallest absolute Gasteiger partial charge is 0.404 e. The molecule has 1 amide bonds. The number of hydrogen-bond donors (Lipinski definition) is 1. The van der Waals surface area contributed by atoms with Crippen molar-refractivity contribution in [2.45, 2.75) is 12.5 Å². The predicted octanol–water partition coefficient (Wildman–Crippen LogP) is 2.11. The maximum Gasteiger partial charge on any atom is 0.404 e. The molecule has 0 spiro atoms. The number of ether oxygens (including phenoxy) is 1. The topological polar surface area (TPSA) is 68.5 Å². The molecule has 2 heterocycles. The van der Waals surface area contributed by atoms with Gasteiger partial charge in [-0.3, -0.25) is 0 Å². The number of primary amides is 1. The summed E-state index contributed by atoms with van der Waals surface area (Å²) in [5.74, 6) is -0.265. The number of amides is 1. The van der Waals surface area contributed by atoms with E-state index >= 15 is 0 Å². The second-order valence-corrected chi connectivity index (χ2v) is 5.41. The standard InChI is InChI=1S/C12H12FN3O2S/c13-7-1-2-9-10(5-7)19-12(15-9)16-4-3-8(6-16)18-11(14)17/h1-2,5,8H,3-4,6H2,(H2,14,17). The van der Waals surface area contributed by atoms with E-state index in [2.05, 4.69) is 4.98 Å². The number of aromatic nitrogens is 1. The van der Waals surface area contributed by atoms with Crippen molar-refractivity contribution in [3.8, 4) is 0 Å². The number of nitrogens with zero attached hydrogens (tertiary/aromatic N) is 2. The highest BCUT2D eigenvalue weighted by atomic mass is 32.1. The summed E-state index contributed by atoms with van der Waals surface area (Å²) in [7, 11) is 0. The van der Waals surface area contributed by atoms with Crippen molar-refractivity contribution in [2.24, 2.45) is 5.73 Å². The van der Waals surface area contributed by atoms with Crippen LogP contribution in [0.1, 0.15) is 6.42 Å². The first-order valence-electron chi connectivity index (χ1n) is 5.89. The minimum Gasteiger partial charge on any atom is -0.444 e. The number of benzene rings is 1. The summed E-state index contributed by atoms with van der Waals surface area (Å²) >= 11 is 1.43. The normalized spacial score (nSPS) is 19.0. The lowest BCUT2D eigenvalue weighted by Crippen LogP contribution is -2.26. The van der Waals surface area contributed by atoms with Crippen LogP contribution in [-0.4, -0.2) is 30.3 Å². The van der Waals surface area contributed by atoms with E-state index in [0.717, 1.165) is 28.3 Å². The van der Waals surface area contributed by atoms with Crippen LogP contribution in [0.2, 0.25) is 0 Å². The Morgan fingerprint density at radius 3 is 3.21 bits per heavy atom. The zero-order valence-corrected chi connectivity index (χ0v) is 10.8. The Hall–Kier alpha value is -1.89. The van der Waals surface area contributed by atoms with Gasteiger partial charge in [-0.2, -0.15) is 0 Å². The molecule has 7 heteroatoms. The first-order valence-corrected chi connectivity index (χ1v) is 6.70. The fourth-order valence-electron chi connectivity index (χ4n) is 2.18. The van der Waals surface area contributed by atoms with Gasteiger partial charge < -0.3 is 15.4 Å². The lowest BCUT2D eigenvalue weighted by atomic mass is 10.3. The van der Waals surface area contributed by atoms with Gasteiger partial charge >= 0.3 is 6.09 Å². The van der Waals surface area contributed by atoms with E-state index in [1.807, 2.05) is 4.90 Å². The number of hydrogen-bond acceptors (Lipinski definition) is 5. The Labute approximate surface area is 112 Å². The second kappa shape index (κ2) is 4.65. The van der Waals surface area contributed by atoms with Gasteiger partial charge in [-0.15, -0.1) is 0 Å². The molecule has 3 rings (SSSR count). The average molecular weight is 281 g/mol. The molecule has 1 aliphatic heterocycles. The molecule has 1 aromatic carbocycles. The number of halogens is 1. The molecule has 0 bridgehead atoms. The summed E-state index contributed by atoms with van der Waals surface area (Å²) in [6, 6.07) is 4.54. The van der Waals surface area contributed by atoms with Crippen LogP contribution in [0.5, 0.6) is 0 Å². The van der Waals surface area contributed by atoms with Crippen LogP contribution in [0.15, 0.2) is 18.2 Å². The largest absolute Gasteiger partial charge is 0.444 e. The van der Waals surface area contributed by atoms with Gasteiger partial charge in [0.2, 0.25) is 0 Å². The fraction of sp³-hybridized carbons (Fsp3) is 0.333. The van der Waals surface area contributed by atoms with Crippen LogP contribution in [0.4, 0.5) is 14.3 Å². The van der Waals surface area contributed by atoms with E-state index < -0.39 is 6.09 Å². The lowest BCUT2D eigenvalue weighted by Gasteiger charge is -2.14. The molecule has 1 atom stereocenters. The van der Waals surface area contributed by atoms with Crippen molar-refractivity contribution >= 4 is 32.8 Å². The van der Waals surface area contributed by atoms with Gasteiger partial charge in [-0.25, -0.2) is 14.2 Å². The van der Waals surface area contributed by atoms with Crippen molar-refractivity contribution in [1.82, 2.24) is 4.98 Å². The Morgan fingerprint density at radius 2 is 2.42 bits per heavy atom. The number of nitrogens with two attached hydrogens (primary N) is 1. The molecule has 5 nitrogen and oxygen atoms in total. The van der Waals surface area contributed by atoms with E-state index in [9.17, 15) is 9.18 Å². The Kier molecular flexibility index (Phi) is 2.98. The summed E-state index contributed by atoms with van der Waals surface area (Å²) in [5.41, 5.74) is 5.78. The minimum atomic E-state index is -0.752. The van der Waals surface area contributed by atoms with Crippen molar-refractivity contribution in [2.75, 3.05) is 18.0 Å². The van der Waals surface area contributed by atoms with Gasteiger partial charge in [0.05, 0.1) is 16.8 Å². The summed E-state index contributed by atoms with van der Waals surface area (Å²) in [4.78, 5) is 17.2. The van der Waals surface area contributed by atoms with Crippen LogP contribution in [0.25, 0.3) is 10.2 Å². The quantitative estimate of drug-likeness (QED) is 0.915. The summed E-state index contributed by atoms with van der Waals surface area (Å²) in [6.45, 7) is 1.32. The molecule has 1 aromatic heterocycles. The fourth-order valence-corrected chi connectivity index (χ4v) is 3.21. The van der Waals surface area contributed by atoms with Gasteiger partial charge in [0.15, 0.2) is 5.13 Å². The zero-order valence-electron chi connectivity index (χ0n) is 10.0. The van der Waals surface area contributed by atoms with E-state index in [1.54, 1.807) is 6.07 Å². The molecule has 1 unspecified atom stereocenters. The third-order valence-electron chi connectivity index (χ3n) is 3.04. The number of fused-ring (bicyclic) bond motifs is 1. The van der Waals surface area contributed by atoms with E-state index in [1.165, 1.54) is 23.5 Å². The van der Waals surface area contributed by atoms with Gasteiger partial charge in [0, 0.05) is 13.0 Å². The number of carbonyl (C=O) groups excluding carboxylic acids is 1. The molecule has 100 valence electrons. The maximum atomic E-state index is 13.1. The van der Waals surface area contributed by atoms with Gasteiger partial charge in [0.1, 0.15) is 11.9 Å². The van der Waals surface area contributed by atoms with Crippen molar-refractivity contribution in [3.63, 3.8) is 0 Å². The number of carbonyl (C=O) groups is 1. The zero-order chi connectivity index (χ0) is 13.4. The molecule has 0 radical (unpaired) electrons. The van der Waals surface area contributed by atoms with Gasteiger partial charge in [-0.05, 0) is 18.2 Å². The maximum absolute atomic E-state index is 13.1. The summed E-state index contributed by atoms with van der Waals surface area (Å²) in [5, 5.41) is 0.816. The van der Waals surface area contributed by atoms with Crippen molar-refractivity contribution < 1.29 is 13.9 Å². The molecular formula is C12H12FN3O2S. The number of anilines is 1. The molecule has 1 saturated heterocycles. The summed E-state index contributed by atoms with van der Waals surface area (Å²) in [6.07, 6.45) is -0.216. The van der Waals surface area contributed by atoms with Gasteiger partial charge in [0.25, 0.3) is 0 Å². The number of thiazole rings is 1. The molecule has 19 heavy (non-hydrogen) atoms. The minimum absolute atomic E-state index is 0.193. The SMILES string of the molecule is NC(=O)OC1CCN(c2nc3ccc(F)cc3s2)C1. The van der Waals surface area contributed by atoms with Crippen LogP contribution in [-0.2, 0) is 4.74 Å². The molecule has 0 aliphatic carbocycles. The monoisotopic (exact) mass is 281 g/mol. The number of rotatable bonds is 2. The molecule has 0 saturated carbocycles. The van der Waals surface area contributed by atoms with Crippen LogP contribution in [0.3, 0.4) is 0 Å². The van der Waals surface area contributed by atoms with Crippen LogP contribution >= 0.6 is 11.3 Å². The first-order chi connectivity index (χ1) is 9.11. The lowest BCUT2D eigenvalue weighted by molar-refractivity contribution is 0.117. The van der Waals surface area contributed by atoms with Crippen LogP contribution in [0, 0.1) is 5.82 Å². The third kappa shape index (κ3) is 2.46. The molecule has 1 fully saturated rings. The molecular weight excluding hydrogens is 269 g/mol. The highest BCUT2D eigenvalue weighted by molar-refractivity contribution is 7.22. The van der Waals surface area contributed by atoms with Crippen molar-refractivity contribution in [3.05, 3.63) is 24.0 Å². The Bertz CT molecular complexity index is 630. The summed E-state index contributed by atoms with van der Waals surface area (Å²) < 4.78 is 18.9. The van der Waals surface area contributed by atoms with Crippen molar-refractivity contribution in [1.29, 1.82) is 0 Å². The van der Waals surface area contributed by atoms with E-state index in [0.29, 0.717) is 6.54 Å². The van der Waals surface area contributed by atoms with E-state index in [-0.39, 0.29) is 11.9 Å². The Balaban J connectivity index is 1.79.